The minimum atomic E-state index is -0.464. The quantitative estimate of drug-likeness (QED) is 0.611. The summed E-state index contributed by atoms with van der Waals surface area (Å²) < 4.78 is 9.94. The Morgan fingerprint density at radius 3 is 2.75 bits per heavy atom. The predicted molar refractivity (Wildman–Crippen MR) is 62.4 cm³/mol. The van der Waals surface area contributed by atoms with Crippen molar-refractivity contribution in [3.8, 4) is 5.75 Å². The molecule has 0 aliphatic rings. The van der Waals surface area contributed by atoms with Gasteiger partial charge in [-0.05, 0) is 19.1 Å². The minimum Gasteiger partial charge on any atom is -0.495 e. The van der Waals surface area contributed by atoms with E-state index < -0.39 is 5.97 Å². The number of nitrogens with one attached hydrogen (secondary N) is 1. The Bertz CT molecular complexity index is 388. The van der Waals surface area contributed by atoms with Gasteiger partial charge in [-0.15, -0.1) is 0 Å². The molecule has 0 bridgehead atoms. The van der Waals surface area contributed by atoms with Crippen LogP contribution >= 0.6 is 0 Å². The number of rotatable bonds is 5. The van der Waals surface area contributed by atoms with Gasteiger partial charge in [-0.25, -0.2) is 4.79 Å². The molecule has 0 unspecified atom stereocenters. The Kier molecular flexibility index (Phi) is 4.39. The maximum atomic E-state index is 11.3. The fourth-order valence-corrected chi connectivity index (χ4v) is 1.18. The summed E-state index contributed by atoms with van der Waals surface area (Å²) in [5, 5.41) is 2.85. The Labute approximate surface area is 94.9 Å². The van der Waals surface area contributed by atoms with Gasteiger partial charge in [0, 0.05) is 0 Å². The molecule has 0 atom stereocenters. The van der Waals surface area contributed by atoms with Crippen LogP contribution in [0.4, 0.5) is 5.69 Å². The maximum absolute atomic E-state index is 11.3. The van der Waals surface area contributed by atoms with Gasteiger partial charge in [0.1, 0.15) is 11.4 Å². The SMILES string of the molecule is C=C(Nc1ccccc1OC)C(=O)OCC. The van der Waals surface area contributed by atoms with E-state index in [2.05, 4.69) is 11.9 Å². The number of anilines is 1. The topological polar surface area (TPSA) is 47.6 Å². The third kappa shape index (κ3) is 3.02. The molecule has 0 saturated carbocycles. The van der Waals surface area contributed by atoms with Crippen molar-refractivity contribution >= 4 is 11.7 Å². The molecule has 4 heteroatoms. The zero-order valence-electron chi connectivity index (χ0n) is 9.45. The zero-order valence-corrected chi connectivity index (χ0v) is 9.45. The lowest BCUT2D eigenvalue weighted by Crippen LogP contribution is -2.13. The van der Waals surface area contributed by atoms with Crippen molar-refractivity contribution < 1.29 is 14.3 Å². The molecule has 16 heavy (non-hydrogen) atoms. The summed E-state index contributed by atoms with van der Waals surface area (Å²) >= 11 is 0. The van der Waals surface area contributed by atoms with Gasteiger partial charge in [0.15, 0.2) is 0 Å². The monoisotopic (exact) mass is 221 g/mol. The summed E-state index contributed by atoms with van der Waals surface area (Å²) in [6.45, 7) is 5.67. The molecular formula is C12H15NO3. The van der Waals surface area contributed by atoms with Crippen molar-refractivity contribution in [3.63, 3.8) is 0 Å². The van der Waals surface area contributed by atoms with E-state index in [4.69, 9.17) is 9.47 Å². The molecule has 0 aliphatic carbocycles. The number of esters is 1. The number of methoxy groups -OCH3 is 1. The second kappa shape index (κ2) is 5.80. The smallest absolute Gasteiger partial charge is 0.354 e. The lowest BCUT2D eigenvalue weighted by atomic mass is 10.3. The first-order chi connectivity index (χ1) is 7.69. The van der Waals surface area contributed by atoms with Crippen molar-refractivity contribution in [2.24, 2.45) is 0 Å². The Morgan fingerprint density at radius 2 is 2.12 bits per heavy atom. The van der Waals surface area contributed by atoms with Gasteiger partial charge in [-0.3, -0.25) is 0 Å². The molecule has 1 rings (SSSR count). The second-order valence-corrected chi connectivity index (χ2v) is 3.02. The van der Waals surface area contributed by atoms with Gasteiger partial charge < -0.3 is 14.8 Å². The molecule has 1 aromatic rings. The second-order valence-electron chi connectivity index (χ2n) is 3.02. The van der Waals surface area contributed by atoms with Crippen LogP contribution in [0, 0.1) is 0 Å². The Balaban J connectivity index is 2.73. The van der Waals surface area contributed by atoms with Gasteiger partial charge in [-0.2, -0.15) is 0 Å². The molecule has 0 amide bonds. The number of para-hydroxylation sites is 2. The first kappa shape index (κ1) is 12.1. The van der Waals surface area contributed by atoms with Crippen LogP contribution in [0.1, 0.15) is 6.92 Å². The van der Waals surface area contributed by atoms with Crippen molar-refractivity contribution in [1.82, 2.24) is 0 Å². The standard InChI is InChI=1S/C12H15NO3/c1-4-16-12(14)9(2)13-10-7-5-6-8-11(10)15-3/h5-8,13H,2,4H2,1,3H3. The lowest BCUT2D eigenvalue weighted by Gasteiger charge is -2.11. The number of hydrogen-bond acceptors (Lipinski definition) is 4. The summed E-state index contributed by atoms with van der Waals surface area (Å²) in [4.78, 5) is 11.3. The largest absolute Gasteiger partial charge is 0.495 e. The van der Waals surface area contributed by atoms with E-state index in [9.17, 15) is 4.79 Å². The summed E-state index contributed by atoms with van der Waals surface area (Å²) in [5.74, 6) is 0.182. The molecule has 0 saturated heterocycles. The molecular weight excluding hydrogens is 206 g/mol. The normalized spacial score (nSPS) is 9.38. The fraction of sp³-hybridized carbons (Fsp3) is 0.250. The highest BCUT2D eigenvalue weighted by Gasteiger charge is 2.09. The molecule has 0 fully saturated rings. The van der Waals surface area contributed by atoms with E-state index in [0.717, 1.165) is 0 Å². The molecule has 4 nitrogen and oxygen atoms in total. The van der Waals surface area contributed by atoms with E-state index in [-0.39, 0.29) is 5.70 Å². The van der Waals surface area contributed by atoms with Crippen molar-refractivity contribution in [2.45, 2.75) is 6.92 Å². The van der Waals surface area contributed by atoms with Crippen LogP contribution in [0.2, 0.25) is 0 Å². The summed E-state index contributed by atoms with van der Waals surface area (Å²) in [6, 6.07) is 7.27. The van der Waals surface area contributed by atoms with Crippen LogP contribution in [-0.2, 0) is 9.53 Å². The molecule has 0 radical (unpaired) electrons. The van der Waals surface area contributed by atoms with E-state index >= 15 is 0 Å². The Hall–Kier alpha value is -1.97. The van der Waals surface area contributed by atoms with E-state index in [1.165, 1.54) is 0 Å². The maximum Gasteiger partial charge on any atom is 0.354 e. The van der Waals surface area contributed by atoms with Gasteiger partial charge in [-0.1, -0.05) is 18.7 Å². The van der Waals surface area contributed by atoms with Crippen molar-refractivity contribution in [1.29, 1.82) is 0 Å². The number of carbonyl (C=O) groups excluding carboxylic acids is 1. The third-order valence-corrected chi connectivity index (χ3v) is 1.91. The van der Waals surface area contributed by atoms with Gasteiger partial charge in [0.05, 0.1) is 19.4 Å². The molecule has 0 spiro atoms. The van der Waals surface area contributed by atoms with Crippen LogP contribution in [0.25, 0.3) is 0 Å². The predicted octanol–water partition coefficient (Wildman–Crippen LogP) is 2.18. The van der Waals surface area contributed by atoms with E-state index in [1.54, 1.807) is 26.2 Å². The molecule has 1 aromatic carbocycles. The first-order valence-corrected chi connectivity index (χ1v) is 4.95. The molecule has 0 aromatic heterocycles. The molecule has 0 heterocycles. The first-order valence-electron chi connectivity index (χ1n) is 4.95. The average Bonchev–Trinajstić information content (AvgIpc) is 2.30. The van der Waals surface area contributed by atoms with Crippen LogP contribution in [0.3, 0.4) is 0 Å². The van der Waals surface area contributed by atoms with E-state index in [1.807, 2.05) is 12.1 Å². The average molecular weight is 221 g/mol. The highest BCUT2D eigenvalue weighted by Crippen LogP contribution is 2.24. The number of ether oxygens (including phenoxy) is 2. The van der Waals surface area contributed by atoms with Crippen molar-refractivity contribution in [2.75, 3.05) is 19.0 Å². The van der Waals surface area contributed by atoms with Crippen LogP contribution in [0.5, 0.6) is 5.75 Å². The summed E-state index contributed by atoms with van der Waals surface area (Å²) in [7, 11) is 1.56. The summed E-state index contributed by atoms with van der Waals surface area (Å²) in [6.07, 6.45) is 0. The molecule has 86 valence electrons. The third-order valence-electron chi connectivity index (χ3n) is 1.91. The Morgan fingerprint density at radius 1 is 1.44 bits per heavy atom. The number of hydrogen-bond donors (Lipinski definition) is 1. The lowest BCUT2D eigenvalue weighted by molar-refractivity contribution is -0.138. The van der Waals surface area contributed by atoms with Crippen molar-refractivity contribution in [3.05, 3.63) is 36.5 Å². The fourth-order valence-electron chi connectivity index (χ4n) is 1.18. The number of benzene rings is 1. The highest BCUT2D eigenvalue weighted by molar-refractivity contribution is 5.91. The number of carbonyl (C=O) groups is 1. The molecule has 0 aliphatic heterocycles. The van der Waals surface area contributed by atoms with Gasteiger partial charge >= 0.3 is 5.97 Å². The minimum absolute atomic E-state index is 0.186. The molecule has 1 N–H and O–H groups in total. The van der Waals surface area contributed by atoms with Crippen LogP contribution < -0.4 is 10.1 Å². The highest BCUT2D eigenvalue weighted by atomic mass is 16.5. The van der Waals surface area contributed by atoms with Gasteiger partial charge in [0.2, 0.25) is 0 Å². The van der Waals surface area contributed by atoms with E-state index in [0.29, 0.717) is 18.0 Å². The van der Waals surface area contributed by atoms with Crippen LogP contribution in [-0.4, -0.2) is 19.7 Å². The summed E-state index contributed by atoms with van der Waals surface area (Å²) in [5.41, 5.74) is 0.870. The van der Waals surface area contributed by atoms with Gasteiger partial charge in [0.25, 0.3) is 0 Å². The zero-order chi connectivity index (χ0) is 12.0. The van der Waals surface area contributed by atoms with Crippen LogP contribution in [0.15, 0.2) is 36.5 Å².